The molecule has 1 aromatic rings. The highest BCUT2D eigenvalue weighted by Gasteiger charge is 2.44. The summed E-state index contributed by atoms with van der Waals surface area (Å²) in [7, 11) is -0.294. The summed E-state index contributed by atoms with van der Waals surface area (Å²) in [5.74, 6) is 0. The number of aromatic nitrogens is 2. The minimum absolute atomic E-state index is 0.294. The molecule has 2 heterocycles. The SMILES string of the molecule is O=c1ccn([C@@H]2O[C@H](CO)[C@@H]([SH]=P(O)(O)O)[C@@H]2O)c(=O)[nH]1. The van der Waals surface area contributed by atoms with Crippen molar-refractivity contribution < 1.29 is 29.6 Å². The molecule has 0 bridgehead atoms. The van der Waals surface area contributed by atoms with E-state index in [1.807, 2.05) is 4.98 Å². The number of H-pyrrole nitrogens is 1. The highest BCUT2D eigenvalue weighted by atomic mass is 32.5. The van der Waals surface area contributed by atoms with Crippen molar-refractivity contribution in [2.45, 2.75) is 23.7 Å². The fourth-order valence-electron chi connectivity index (χ4n) is 2.06. The first-order valence-electron chi connectivity index (χ1n) is 5.78. The highest BCUT2D eigenvalue weighted by molar-refractivity contribution is 8.16. The van der Waals surface area contributed by atoms with Crippen LogP contribution in [0.4, 0.5) is 0 Å². The molecule has 0 saturated carbocycles. The summed E-state index contributed by atoms with van der Waals surface area (Å²) in [6, 6.07) is 1.05. The summed E-state index contributed by atoms with van der Waals surface area (Å²) in [5.41, 5.74) is -1.44. The van der Waals surface area contributed by atoms with Crippen LogP contribution in [0.3, 0.4) is 0 Å². The second-order valence-electron chi connectivity index (χ2n) is 4.40. The average molecular weight is 342 g/mol. The molecule has 12 heteroatoms. The van der Waals surface area contributed by atoms with Gasteiger partial charge in [-0.15, -0.1) is 10.9 Å². The highest BCUT2D eigenvalue weighted by Crippen LogP contribution is 2.38. The molecule has 1 aliphatic heterocycles. The number of aromatic amines is 1. The third kappa shape index (κ3) is 3.71. The fourth-order valence-corrected chi connectivity index (χ4v) is 4.94. The molecule has 2 rings (SSSR count). The molecule has 10 nitrogen and oxygen atoms in total. The Labute approximate surface area is 121 Å². The van der Waals surface area contributed by atoms with Crippen LogP contribution in [0.5, 0.6) is 0 Å². The van der Waals surface area contributed by atoms with Gasteiger partial charge in [0.2, 0.25) is 0 Å². The summed E-state index contributed by atoms with van der Waals surface area (Å²) in [6.07, 6.45) is -2.51. The van der Waals surface area contributed by atoms with Gasteiger partial charge in [-0.25, -0.2) is 4.79 Å². The Bertz CT molecular complexity index is 673. The summed E-state index contributed by atoms with van der Waals surface area (Å²) in [4.78, 5) is 52.0. The van der Waals surface area contributed by atoms with Crippen LogP contribution >= 0.6 is 6.72 Å². The molecule has 0 radical (unpaired) electrons. The van der Waals surface area contributed by atoms with Crippen LogP contribution in [-0.2, 0) is 15.7 Å². The topological polar surface area (TPSA) is 165 Å². The van der Waals surface area contributed by atoms with Crippen LogP contribution < -0.4 is 11.2 Å². The van der Waals surface area contributed by atoms with Crippen LogP contribution in [0, 0.1) is 0 Å². The normalized spacial score (nSPS) is 29.8. The van der Waals surface area contributed by atoms with E-state index in [-0.39, 0.29) is 10.9 Å². The zero-order valence-electron chi connectivity index (χ0n) is 10.5. The van der Waals surface area contributed by atoms with E-state index in [1.54, 1.807) is 0 Å². The molecule has 4 atom stereocenters. The smallest absolute Gasteiger partial charge is 0.330 e. The van der Waals surface area contributed by atoms with Crippen LogP contribution in [0.15, 0.2) is 21.9 Å². The molecule has 1 aromatic heterocycles. The Morgan fingerprint density at radius 2 is 2.05 bits per heavy atom. The van der Waals surface area contributed by atoms with Crippen molar-refractivity contribution >= 4 is 17.7 Å². The second kappa shape index (κ2) is 6.15. The molecular formula is C9H15N2O8PS. The minimum Gasteiger partial charge on any atom is -0.394 e. The fraction of sp³-hybridized carbons (Fsp3) is 0.556. The molecule has 0 unspecified atom stereocenters. The molecule has 120 valence electrons. The zero-order valence-corrected chi connectivity index (χ0v) is 12.3. The van der Waals surface area contributed by atoms with Gasteiger partial charge in [-0.1, -0.05) is 0 Å². The van der Waals surface area contributed by atoms with Gasteiger partial charge in [0, 0.05) is 12.3 Å². The molecule has 0 spiro atoms. The van der Waals surface area contributed by atoms with E-state index in [2.05, 4.69) is 0 Å². The van der Waals surface area contributed by atoms with Crippen LogP contribution in [-0.4, -0.2) is 58.5 Å². The molecule has 21 heavy (non-hydrogen) atoms. The molecule has 0 aromatic carbocycles. The Morgan fingerprint density at radius 3 is 2.57 bits per heavy atom. The van der Waals surface area contributed by atoms with Crippen LogP contribution in [0.1, 0.15) is 6.23 Å². The Morgan fingerprint density at radius 1 is 1.38 bits per heavy atom. The van der Waals surface area contributed by atoms with Crippen molar-refractivity contribution in [1.82, 2.24) is 9.55 Å². The molecule has 0 aliphatic carbocycles. The number of aliphatic hydroxyl groups excluding tert-OH is 2. The van der Waals surface area contributed by atoms with Crippen molar-refractivity contribution in [3.05, 3.63) is 33.1 Å². The van der Waals surface area contributed by atoms with E-state index in [4.69, 9.17) is 19.4 Å². The maximum Gasteiger partial charge on any atom is 0.330 e. The lowest BCUT2D eigenvalue weighted by molar-refractivity contribution is -0.0530. The minimum atomic E-state index is -4.21. The largest absolute Gasteiger partial charge is 0.394 e. The predicted octanol–water partition coefficient (Wildman–Crippen LogP) is -3.37. The lowest BCUT2D eigenvalue weighted by Gasteiger charge is -2.18. The maximum atomic E-state index is 11.7. The van der Waals surface area contributed by atoms with E-state index >= 15 is 0 Å². The summed E-state index contributed by atoms with van der Waals surface area (Å²) < 4.78 is 6.22. The number of hydrogen-bond acceptors (Lipinski definition) is 5. The number of nitrogens with one attached hydrogen (secondary N) is 1. The van der Waals surface area contributed by atoms with Gasteiger partial charge in [0.05, 0.1) is 18.0 Å². The average Bonchev–Trinajstić information content (AvgIpc) is 2.65. The standard InChI is InChI=1S/C9H15N2O8PS/c12-3-4-7(21-20(16,17)18)6(14)8(19-4)11-2-1-5(13)10-9(11)15/h1-2,4,6-8,12,14,16-18,21H,3H2,(H,10,13,15)/t4-,6+,7-,8-/m1/s1. The molecule has 1 aliphatic rings. The van der Waals surface area contributed by atoms with Crippen LogP contribution in [0.25, 0.3) is 0 Å². The number of nitrogens with zero attached hydrogens (tertiary/aromatic N) is 1. The van der Waals surface area contributed by atoms with Gasteiger partial charge < -0.3 is 29.6 Å². The monoisotopic (exact) mass is 342 g/mol. The van der Waals surface area contributed by atoms with Gasteiger partial charge in [-0.3, -0.25) is 14.3 Å². The predicted molar refractivity (Wildman–Crippen MR) is 74.4 cm³/mol. The van der Waals surface area contributed by atoms with Crippen molar-refractivity contribution in [2.75, 3.05) is 6.61 Å². The lowest BCUT2D eigenvalue weighted by atomic mass is 10.2. The van der Waals surface area contributed by atoms with E-state index in [9.17, 15) is 19.8 Å². The molecule has 0 amide bonds. The van der Waals surface area contributed by atoms with Crippen LogP contribution in [0.2, 0.25) is 0 Å². The summed E-state index contributed by atoms with van der Waals surface area (Å²) >= 11 is 0. The maximum absolute atomic E-state index is 11.7. The van der Waals surface area contributed by atoms with Crippen molar-refractivity contribution in [2.24, 2.45) is 0 Å². The van der Waals surface area contributed by atoms with Gasteiger partial charge in [-0.2, -0.15) is 0 Å². The van der Waals surface area contributed by atoms with Gasteiger partial charge >= 0.3 is 5.69 Å². The third-order valence-corrected chi connectivity index (χ3v) is 5.87. The molecule has 1 fully saturated rings. The Balaban J connectivity index is 2.40. The van der Waals surface area contributed by atoms with Gasteiger partial charge in [-0.05, 0) is 0 Å². The number of thiol groups is 1. The number of hydrogen-bond donors (Lipinski definition) is 7. The third-order valence-electron chi connectivity index (χ3n) is 2.93. The Kier molecular flexibility index (Phi) is 4.85. The Hall–Kier alpha value is -0.780. The van der Waals surface area contributed by atoms with E-state index in [0.29, 0.717) is 0 Å². The second-order valence-corrected chi connectivity index (χ2v) is 8.60. The number of rotatable bonds is 3. The first kappa shape index (κ1) is 16.6. The van der Waals surface area contributed by atoms with Crippen molar-refractivity contribution in [3.8, 4) is 0 Å². The van der Waals surface area contributed by atoms with Gasteiger partial charge in [0.25, 0.3) is 12.3 Å². The van der Waals surface area contributed by atoms with E-state index in [0.717, 1.165) is 16.8 Å². The molecule has 6 N–H and O–H groups in total. The number of aliphatic hydroxyl groups is 2. The van der Waals surface area contributed by atoms with E-state index < -0.39 is 48.3 Å². The van der Waals surface area contributed by atoms with Gasteiger partial charge in [0.15, 0.2) is 6.23 Å². The zero-order chi connectivity index (χ0) is 15.8. The summed E-state index contributed by atoms with van der Waals surface area (Å²) in [5, 5.41) is 18.4. The van der Waals surface area contributed by atoms with Gasteiger partial charge in [0.1, 0.15) is 6.10 Å². The quantitative estimate of drug-likeness (QED) is 0.221. The van der Waals surface area contributed by atoms with E-state index in [1.165, 1.54) is 0 Å². The van der Waals surface area contributed by atoms with Crippen molar-refractivity contribution in [3.63, 3.8) is 0 Å². The first-order valence-corrected chi connectivity index (χ1v) is 9.10. The number of ether oxygens (including phenoxy) is 1. The molecule has 1 saturated heterocycles. The summed E-state index contributed by atoms with van der Waals surface area (Å²) in [6.45, 7) is -4.77. The van der Waals surface area contributed by atoms with Crippen molar-refractivity contribution in [1.29, 1.82) is 0 Å². The molecular weight excluding hydrogens is 327 g/mol. The lowest BCUT2D eigenvalue weighted by Crippen LogP contribution is -2.37. The first-order chi connectivity index (χ1) is 9.73.